The molecule has 0 bridgehead atoms. The fourth-order valence-electron chi connectivity index (χ4n) is 1.88. The monoisotopic (exact) mass is 223 g/mol. The van der Waals surface area contributed by atoms with Crippen LogP contribution in [0.1, 0.15) is 29.8 Å². The van der Waals surface area contributed by atoms with Gasteiger partial charge in [-0.05, 0) is 32.6 Å². The second kappa shape index (κ2) is 4.63. The van der Waals surface area contributed by atoms with Gasteiger partial charge in [0.25, 0.3) is 0 Å². The Morgan fingerprint density at radius 2 is 2.13 bits per heavy atom. The minimum Gasteiger partial charge on any atom is -0.384 e. The molecule has 15 heavy (non-hydrogen) atoms. The number of nitrogen functional groups attached to an aromatic ring is 1. The van der Waals surface area contributed by atoms with Crippen molar-refractivity contribution in [2.45, 2.75) is 26.8 Å². The highest BCUT2D eigenvalue weighted by atomic mass is 32.2. The molecule has 0 spiro atoms. The summed E-state index contributed by atoms with van der Waals surface area (Å²) in [5, 5.41) is 9.00. The van der Waals surface area contributed by atoms with Crippen LogP contribution in [0.15, 0.2) is 0 Å². The number of nitriles is 1. The number of aromatic nitrogens is 1. The maximum absolute atomic E-state index is 9.00. The van der Waals surface area contributed by atoms with Crippen LogP contribution >= 0.6 is 11.8 Å². The van der Waals surface area contributed by atoms with Crippen LogP contribution in [-0.4, -0.2) is 16.6 Å². The van der Waals surface area contributed by atoms with Gasteiger partial charge in [-0.3, -0.25) is 0 Å². The third kappa shape index (κ3) is 1.98. The zero-order chi connectivity index (χ0) is 11.6. The summed E-state index contributed by atoms with van der Waals surface area (Å²) >= 11 is 1.79. The molecular weight excluding hydrogens is 206 g/mol. The molecule has 1 aromatic heterocycles. The third-order valence-electron chi connectivity index (χ3n) is 2.76. The SMILES string of the molecule is CSCC(C)n1c(C)c(C)c(C#N)c1N. The van der Waals surface area contributed by atoms with Crippen molar-refractivity contribution in [3.05, 3.63) is 16.8 Å². The molecule has 4 heteroatoms. The highest BCUT2D eigenvalue weighted by Gasteiger charge is 2.18. The van der Waals surface area contributed by atoms with E-state index in [1.807, 2.05) is 13.8 Å². The van der Waals surface area contributed by atoms with Gasteiger partial charge in [0.15, 0.2) is 0 Å². The van der Waals surface area contributed by atoms with Gasteiger partial charge in [0.1, 0.15) is 11.9 Å². The number of nitrogens with zero attached hydrogens (tertiary/aromatic N) is 2. The smallest absolute Gasteiger partial charge is 0.122 e. The third-order valence-corrected chi connectivity index (χ3v) is 3.57. The van der Waals surface area contributed by atoms with Crippen LogP contribution in [0.25, 0.3) is 0 Å². The summed E-state index contributed by atoms with van der Waals surface area (Å²) in [6, 6.07) is 2.50. The van der Waals surface area contributed by atoms with Gasteiger partial charge in [-0.25, -0.2) is 0 Å². The average molecular weight is 223 g/mol. The molecule has 0 aliphatic rings. The van der Waals surface area contributed by atoms with Crippen molar-refractivity contribution in [1.29, 1.82) is 5.26 Å². The van der Waals surface area contributed by atoms with E-state index < -0.39 is 0 Å². The molecule has 3 nitrogen and oxygen atoms in total. The Hall–Kier alpha value is -1.08. The van der Waals surface area contributed by atoms with E-state index in [9.17, 15) is 0 Å². The van der Waals surface area contributed by atoms with Crippen molar-refractivity contribution in [2.75, 3.05) is 17.7 Å². The summed E-state index contributed by atoms with van der Waals surface area (Å²) in [6.45, 7) is 6.09. The van der Waals surface area contributed by atoms with Crippen molar-refractivity contribution in [2.24, 2.45) is 0 Å². The molecule has 1 heterocycles. The molecule has 0 aliphatic heterocycles. The van der Waals surface area contributed by atoms with E-state index in [1.54, 1.807) is 11.8 Å². The zero-order valence-corrected chi connectivity index (χ0v) is 10.5. The molecule has 0 radical (unpaired) electrons. The van der Waals surface area contributed by atoms with E-state index >= 15 is 0 Å². The first-order valence-corrected chi connectivity index (χ1v) is 6.29. The van der Waals surface area contributed by atoms with Crippen LogP contribution in [0.3, 0.4) is 0 Å². The first-order chi connectivity index (χ1) is 7.04. The summed E-state index contributed by atoms with van der Waals surface area (Å²) in [5.41, 5.74) is 8.71. The Morgan fingerprint density at radius 1 is 1.53 bits per heavy atom. The van der Waals surface area contributed by atoms with E-state index in [0.717, 1.165) is 17.0 Å². The lowest BCUT2D eigenvalue weighted by Gasteiger charge is -2.16. The first-order valence-electron chi connectivity index (χ1n) is 4.90. The lowest BCUT2D eigenvalue weighted by molar-refractivity contribution is 0.605. The number of rotatable bonds is 3. The van der Waals surface area contributed by atoms with Crippen LogP contribution < -0.4 is 5.73 Å². The summed E-state index contributed by atoms with van der Waals surface area (Å²) in [5.74, 6) is 1.61. The van der Waals surface area contributed by atoms with Crippen molar-refractivity contribution >= 4 is 17.6 Å². The van der Waals surface area contributed by atoms with Gasteiger partial charge in [-0.1, -0.05) is 0 Å². The van der Waals surface area contributed by atoms with Crippen LogP contribution in [0.2, 0.25) is 0 Å². The minimum atomic E-state index is 0.334. The number of anilines is 1. The van der Waals surface area contributed by atoms with Crippen LogP contribution in [0.4, 0.5) is 5.82 Å². The van der Waals surface area contributed by atoms with Crippen LogP contribution in [-0.2, 0) is 0 Å². The molecule has 1 aromatic rings. The van der Waals surface area contributed by atoms with Gasteiger partial charge < -0.3 is 10.3 Å². The molecule has 1 unspecified atom stereocenters. The summed E-state index contributed by atoms with van der Waals surface area (Å²) in [7, 11) is 0. The van der Waals surface area contributed by atoms with E-state index in [4.69, 9.17) is 11.0 Å². The normalized spacial score (nSPS) is 12.5. The molecule has 0 aliphatic carbocycles. The lowest BCUT2D eigenvalue weighted by atomic mass is 10.2. The number of nitrogens with two attached hydrogens (primary N) is 1. The Morgan fingerprint density at radius 3 is 2.53 bits per heavy atom. The highest BCUT2D eigenvalue weighted by molar-refractivity contribution is 7.98. The van der Waals surface area contributed by atoms with E-state index in [0.29, 0.717) is 17.4 Å². The summed E-state index contributed by atoms with van der Waals surface area (Å²) in [4.78, 5) is 0. The molecule has 0 amide bonds. The fourth-order valence-corrected chi connectivity index (χ4v) is 2.51. The van der Waals surface area contributed by atoms with Crippen molar-refractivity contribution in [3.8, 4) is 6.07 Å². The Balaban J connectivity index is 3.25. The molecule has 2 N–H and O–H groups in total. The molecule has 0 saturated heterocycles. The largest absolute Gasteiger partial charge is 0.384 e. The van der Waals surface area contributed by atoms with Crippen molar-refractivity contribution in [1.82, 2.24) is 4.57 Å². The van der Waals surface area contributed by atoms with Crippen LogP contribution in [0, 0.1) is 25.2 Å². The quantitative estimate of drug-likeness (QED) is 0.856. The molecule has 0 fully saturated rings. The van der Waals surface area contributed by atoms with E-state index in [-0.39, 0.29) is 0 Å². The minimum absolute atomic E-state index is 0.334. The van der Waals surface area contributed by atoms with Crippen molar-refractivity contribution in [3.63, 3.8) is 0 Å². The lowest BCUT2D eigenvalue weighted by Crippen LogP contribution is -2.12. The first kappa shape index (κ1) is 12.0. The Bertz CT molecular complexity index is 401. The van der Waals surface area contributed by atoms with Gasteiger partial charge in [0.2, 0.25) is 0 Å². The van der Waals surface area contributed by atoms with Gasteiger partial charge in [-0.2, -0.15) is 17.0 Å². The standard InChI is InChI=1S/C11H17N3S/c1-7(6-15-4)14-9(3)8(2)10(5-12)11(14)13/h7H,6,13H2,1-4H3. The summed E-state index contributed by atoms with van der Waals surface area (Å²) in [6.07, 6.45) is 2.07. The number of thioether (sulfide) groups is 1. The van der Waals surface area contributed by atoms with Crippen LogP contribution in [0.5, 0.6) is 0 Å². The van der Waals surface area contributed by atoms with Gasteiger partial charge in [0.05, 0.1) is 5.56 Å². The second-order valence-corrected chi connectivity index (χ2v) is 4.67. The average Bonchev–Trinajstić information content (AvgIpc) is 2.39. The predicted molar refractivity (Wildman–Crippen MR) is 66.1 cm³/mol. The Labute approximate surface area is 95.3 Å². The topological polar surface area (TPSA) is 54.7 Å². The molecule has 0 aromatic carbocycles. The molecular formula is C11H17N3S. The molecule has 0 saturated carbocycles. The maximum Gasteiger partial charge on any atom is 0.122 e. The Kier molecular flexibility index (Phi) is 3.70. The molecule has 1 atom stereocenters. The predicted octanol–water partition coefficient (Wildman–Crippen LogP) is 2.48. The van der Waals surface area contributed by atoms with Gasteiger partial charge >= 0.3 is 0 Å². The molecule has 1 rings (SSSR count). The second-order valence-electron chi connectivity index (χ2n) is 3.76. The van der Waals surface area contributed by atoms with Crippen molar-refractivity contribution < 1.29 is 0 Å². The number of hydrogen-bond donors (Lipinski definition) is 1. The van der Waals surface area contributed by atoms with E-state index in [2.05, 4.69) is 23.8 Å². The highest BCUT2D eigenvalue weighted by Crippen LogP contribution is 2.28. The number of hydrogen-bond acceptors (Lipinski definition) is 3. The zero-order valence-electron chi connectivity index (χ0n) is 9.66. The van der Waals surface area contributed by atoms with Gasteiger partial charge in [0, 0.05) is 17.5 Å². The maximum atomic E-state index is 9.00. The molecule has 82 valence electrons. The van der Waals surface area contributed by atoms with Gasteiger partial charge in [-0.15, -0.1) is 0 Å². The van der Waals surface area contributed by atoms with E-state index in [1.165, 1.54) is 0 Å². The fraction of sp³-hybridized carbons (Fsp3) is 0.545. The summed E-state index contributed by atoms with van der Waals surface area (Å²) < 4.78 is 2.06.